The minimum atomic E-state index is -0.598. The number of nitrogens with zero attached hydrogens (tertiary/aromatic N) is 1. The quantitative estimate of drug-likeness (QED) is 0.404. The number of esters is 1. The molecule has 0 rings (SSSR count). The highest BCUT2D eigenvalue weighted by atomic mass is 32.2. The van der Waals surface area contributed by atoms with E-state index in [1.54, 1.807) is 4.90 Å². The third kappa shape index (κ3) is 6.47. The molecule has 0 bridgehead atoms. The smallest absolute Gasteiger partial charge is 0.328 e. The van der Waals surface area contributed by atoms with Gasteiger partial charge in [0.05, 0.1) is 24.4 Å². The molecule has 0 N–H and O–H groups in total. The number of carbonyl (C=O) groups is 3. The third-order valence-corrected chi connectivity index (χ3v) is 3.73. The zero-order chi connectivity index (χ0) is 15.9. The van der Waals surface area contributed by atoms with Crippen molar-refractivity contribution in [3.05, 3.63) is 0 Å². The summed E-state index contributed by atoms with van der Waals surface area (Å²) in [7, 11) is 1.31. The number of Topliss-reactive ketones (excluding diaryl/α,β-unsaturated/α-hetero) is 1. The molecule has 0 aliphatic heterocycles. The predicted molar refractivity (Wildman–Crippen MR) is 83.5 cm³/mol. The minimum absolute atomic E-state index is 0.0556. The highest BCUT2D eigenvalue weighted by Gasteiger charge is 2.32. The molecule has 20 heavy (non-hydrogen) atoms. The lowest BCUT2D eigenvalue weighted by Gasteiger charge is -2.33. The van der Waals surface area contributed by atoms with Crippen molar-refractivity contribution in [3.63, 3.8) is 0 Å². The lowest BCUT2D eigenvalue weighted by Crippen LogP contribution is -2.48. The van der Waals surface area contributed by atoms with Gasteiger partial charge in [0.25, 0.3) is 0 Å². The SMILES string of the molecule is COC(=O)C(C(C)C)N(CSC(C)=O)C(=S)CC(C)=O. The van der Waals surface area contributed by atoms with E-state index in [0.29, 0.717) is 4.99 Å². The summed E-state index contributed by atoms with van der Waals surface area (Å²) in [5, 5.41) is -0.0759. The van der Waals surface area contributed by atoms with Gasteiger partial charge in [-0.25, -0.2) is 4.79 Å². The fourth-order valence-electron chi connectivity index (χ4n) is 1.66. The van der Waals surface area contributed by atoms with E-state index < -0.39 is 12.0 Å². The molecule has 0 saturated heterocycles. The molecule has 0 aliphatic carbocycles. The average molecular weight is 319 g/mol. The molecule has 1 atom stereocenters. The Kier molecular flexibility index (Phi) is 8.64. The molecule has 0 aromatic carbocycles. The summed E-state index contributed by atoms with van der Waals surface area (Å²) in [6.45, 7) is 6.61. The van der Waals surface area contributed by atoms with E-state index in [4.69, 9.17) is 17.0 Å². The monoisotopic (exact) mass is 319 g/mol. The number of hydrogen-bond donors (Lipinski definition) is 0. The van der Waals surface area contributed by atoms with Crippen molar-refractivity contribution in [1.29, 1.82) is 0 Å². The Morgan fingerprint density at radius 2 is 1.80 bits per heavy atom. The largest absolute Gasteiger partial charge is 0.467 e. The van der Waals surface area contributed by atoms with Gasteiger partial charge in [0.2, 0.25) is 0 Å². The first-order valence-electron chi connectivity index (χ1n) is 6.20. The van der Waals surface area contributed by atoms with Crippen molar-refractivity contribution in [2.45, 2.75) is 40.2 Å². The molecular weight excluding hydrogens is 298 g/mol. The van der Waals surface area contributed by atoms with Crippen molar-refractivity contribution in [2.24, 2.45) is 5.92 Å². The number of carbonyl (C=O) groups excluding carboxylic acids is 3. The van der Waals surface area contributed by atoms with Gasteiger partial charge in [-0.15, -0.1) is 0 Å². The Morgan fingerprint density at radius 1 is 1.25 bits per heavy atom. The van der Waals surface area contributed by atoms with Crippen LogP contribution in [0.3, 0.4) is 0 Å². The molecule has 0 aliphatic rings. The summed E-state index contributed by atoms with van der Waals surface area (Å²) >= 11 is 6.29. The lowest BCUT2D eigenvalue weighted by atomic mass is 10.0. The number of thioether (sulfide) groups is 1. The molecule has 7 heteroatoms. The van der Waals surface area contributed by atoms with Gasteiger partial charge in [0.15, 0.2) is 5.12 Å². The number of methoxy groups -OCH3 is 1. The summed E-state index contributed by atoms with van der Waals surface area (Å²) in [4.78, 5) is 36.3. The van der Waals surface area contributed by atoms with Crippen LogP contribution in [0.1, 0.15) is 34.1 Å². The topological polar surface area (TPSA) is 63.7 Å². The zero-order valence-corrected chi connectivity index (χ0v) is 14.1. The Balaban J connectivity index is 5.22. The van der Waals surface area contributed by atoms with E-state index in [2.05, 4.69) is 0 Å². The van der Waals surface area contributed by atoms with E-state index >= 15 is 0 Å². The number of ether oxygens (including phenoxy) is 1. The Bertz CT molecular complexity index is 396. The number of thiocarbonyl (C=S) groups is 1. The van der Waals surface area contributed by atoms with Crippen LogP contribution in [0.15, 0.2) is 0 Å². The maximum Gasteiger partial charge on any atom is 0.328 e. The molecule has 0 fully saturated rings. The van der Waals surface area contributed by atoms with Crippen LogP contribution in [0.2, 0.25) is 0 Å². The fourth-order valence-corrected chi connectivity index (χ4v) is 2.76. The summed E-state index contributed by atoms with van der Waals surface area (Å²) in [6, 6.07) is -0.598. The van der Waals surface area contributed by atoms with Gasteiger partial charge in [0, 0.05) is 6.92 Å². The van der Waals surface area contributed by atoms with Gasteiger partial charge in [-0.1, -0.05) is 37.8 Å². The molecule has 0 heterocycles. The van der Waals surface area contributed by atoms with Crippen LogP contribution < -0.4 is 0 Å². The average Bonchev–Trinajstić information content (AvgIpc) is 2.31. The maximum atomic E-state index is 11.9. The highest BCUT2D eigenvalue weighted by Crippen LogP contribution is 2.19. The number of ketones is 1. The molecule has 0 spiro atoms. The van der Waals surface area contributed by atoms with Gasteiger partial charge < -0.3 is 9.64 Å². The highest BCUT2D eigenvalue weighted by molar-refractivity contribution is 8.13. The number of rotatable bonds is 7. The maximum absolute atomic E-state index is 11.9. The molecular formula is C13H21NO4S2. The van der Waals surface area contributed by atoms with Gasteiger partial charge in [-0.2, -0.15) is 0 Å². The Labute approximate surface area is 129 Å². The number of hydrogen-bond acceptors (Lipinski definition) is 6. The van der Waals surface area contributed by atoms with Crippen LogP contribution in [0.25, 0.3) is 0 Å². The van der Waals surface area contributed by atoms with Crippen LogP contribution >= 0.6 is 24.0 Å². The summed E-state index contributed by atoms with van der Waals surface area (Å²) < 4.78 is 4.80. The molecule has 0 aromatic rings. The molecule has 1 unspecified atom stereocenters. The summed E-state index contributed by atoms with van der Waals surface area (Å²) in [6.07, 6.45) is 0.0774. The second-order valence-electron chi connectivity index (χ2n) is 4.72. The zero-order valence-electron chi connectivity index (χ0n) is 12.5. The van der Waals surface area contributed by atoms with Crippen molar-refractivity contribution in [3.8, 4) is 0 Å². The van der Waals surface area contributed by atoms with Crippen LogP contribution in [0.5, 0.6) is 0 Å². The molecule has 5 nitrogen and oxygen atoms in total. The van der Waals surface area contributed by atoms with Crippen LogP contribution in [-0.4, -0.2) is 45.8 Å². The second kappa shape index (κ2) is 9.07. The van der Waals surface area contributed by atoms with Crippen LogP contribution in [-0.2, 0) is 19.1 Å². The van der Waals surface area contributed by atoms with Gasteiger partial charge in [0.1, 0.15) is 11.8 Å². The Hall–Kier alpha value is -0.950. The molecule has 0 amide bonds. The predicted octanol–water partition coefficient (Wildman–Crippen LogP) is 2.03. The van der Waals surface area contributed by atoms with E-state index in [-0.39, 0.29) is 29.1 Å². The fraction of sp³-hybridized carbons (Fsp3) is 0.692. The van der Waals surface area contributed by atoms with E-state index in [1.807, 2.05) is 13.8 Å². The van der Waals surface area contributed by atoms with Crippen molar-refractivity contribution in [1.82, 2.24) is 4.90 Å². The van der Waals surface area contributed by atoms with Crippen molar-refractivity contribution in [2.75, 3.05) is 13.0 Å². The molecule has 114 valence electrons. The molecule has 0 aromatic heterocycles. The normalized spacial score (nSPS) is 11.9. The second-order valence-corrected chi connectivity index (χ2v) is 6.31. The van der Waals surface area contributed by atoms with Crippen LogP contribution in [0, 0.1) is 5.92 Å². The molecule has 0 radical (unpaired) electrons. The Morgan fingerprint density at radius 3 is 2.15 bits per heavy atom. The molecule has 0 saturated carbocycles. The van der Waals surface area contributed by atoms with Gasteiger partial charge in [-0.3, -0.25) is 9.59 Å². The lowest BCUT2D eigenvalue weighted by molar-refractivity contribution is -0.146. The van der Waals surface area contributed by atoms with E-state index in [9.17, 15) is 14.4 Å². The van der Waals surface area contributed by atoms with Gasteiger partial charge >= 0.3 is 5.97 Å². The third-order valence-electron chi connectivity index (χ3n) is 2.54. The first-order chi connectivity index (χ1) is 9.20. The van der Waals surface area contributed by atoms with E-state index in [1.165, 1.54) is 21.0 Å². The van der Waals surface area contributed by atoms with Crippen molar-refractivity contribution >= 4 is 45.8 Å². The standard InChI is InChI=1S/C13H21NO4S2/c1-8(2)12(13(17)18-5)14(7-20-10(4)16)11(19)6-9(3)15/h8,12H,6-7H2,1-5H3. The minimum Gasteiger partial charge on any atom is -0.467 e. The van der Waals surface area contributed by atoms with Crippen molar-refractivity contribution < 1.29 is 19.1 Å². The summed E-state index contributed by atoms with van der Waals surface area (Å²) in [5.74, 6) is -0.325. The first-order valence-corrected chi connectivity index (χ1v) is 7.60. The first kappa shape index (κ1) is 19.1. The van der Waals surface area contributed by atoms with E-state index in [0.717, 1.165) is 11.8 Å². The summed E-state index contributed by atoms with van der Waals surface area (Å²) in [5.41, 5.74) is 0. The van der Waals surface area contributed by atoms with Crippen LogP contribution in [0.4, 0.5) is 0 Å². The van der Waals surface area contributed by atoms with Gasteiger partial charge in [-0.05, 0) is 12.8 Å².